The molecular weight excluding hydrogens is 485 g/mol. The first-order chi connectivity index (χ1) is 16.2. The van der Waals surface area contributed by atoms with Crippen molar-refractivity contribution >= 4 is 40.9 Å². The van der Waals surface area contributed by atoms with Crippen molar-refractivity contribution in [3.8, 4) is 0 Å². The zero-order valence-corrected chi connectivity index (χ0v) is 19.4. The molecule has 9 heteroatoms. The number of carbonyl (C=O) groups excluding carboxylic acids is 2. The fraction of sp³-hybridized carbons (Fsp3) is 0.200. The van der Waals surface area contributed by atoms with E-state index in [-0.39, 0.29) is 27.6 Å². The molecule has 3 aromatic rings. The van der Waals surface area contributed by atoms with Crippen LogP contribution in [-0.4, -0.2) is 29.0 Å². The number of nitrogens with one attached hydrogen (secondary N) is 1. The molecule has 0 aliphatic carbocycles. The molecule has 1 saturated heterocycles. The van der Waals surface area contributed by atoms with Crippen molar-refractivity contribution in [3.05, 3.63) is 100 Å². The molecule has 0 bridgehead atoms. The third-order valence-corrected chi connectivity index (χ3v) is 7.04. The van der Waals surface area contributed by atoms with Crippen molar-refractivity contribution in [2.45, 2.75) is 18.0 Å². The van der Waals surface area contributed by atoms with Crippen LogP contribution in [0.1, 0.15) is 32.4 Å². The maximum atomic E-state index is 13.0. The van der Waals surface area contributed by atoms with Crippen molar-refractivity contribution in [2.24, 2.45) is 0 Å². The first kappa shape index (κ1) is 24.2. The van der Waals surface area contributed by atoms with E-state index in [0.717, 1.165) is 35.7 Å². The molecule has 0 saturated carbocycles. The highest BCUT2D eigenvalue weighted by Gasteiger charge is 2.33. The fourth-order valence-electron chi connectivity index (χ4n) is 3.66. The Morgan fingerprint density at radius 1 is 1.06 bits per heavy atom. The normalized spacial score (nSPS) is 16.1. The molecule has 0 spiro atoms. The summed E-state index contributed by atoms with van der Waals surface area (Å²) in [6, 6.07) is 19.4. The van der Waals surface area contributed by atoms with Crippen LogP contribution in [-0.2, 0) is 17.4 Å². The van der Waals surface area contributed by atoms with Crippen LogP contribution in [0.4, 0.5) is 18.9 Å². The lowest BCUT2D eigenvalue weighted by Crippen LogP contribution is -2.30. The molecule has 1 N–H and O–H groups in total. The average molecular weight is 505 g/mol. The van der Waals surface area contributed by atoms with Crippen molar-refractivity contribution < 1.29 is 22.8 Å². The third-order valence-electron chi connectivity index (χ3n) is 5.45. The van der Waals surface area contributed by atoms with Gasteiger partial charge in [0.1, 0.15) is 5.37 Å². The summed E-state index contributed by atoms with van der Waals surface area (Å²) in [4.78, 5) is 26.9. The van der Waals surface area contributed by atoms with Gasteiger partial charge in [-0.2, -0.15) is 13.2 Å². The summed E-state index contributed by atoms with van der Waals surface area (Å²) < 4.78 is 38.9. The third kappa shape index (κ3) is 5.56. The predicted octanol–water partition coefficient (Wildman–Crippen LogP) is 6.43. The van der Waals surface area contributed by atoms with Crippen LogP contribution in [0.5, 0.6) is 0 Å². The van der Waals surface area contributed by atoms with E-state index in [1.807, 2.05) is 35.2 Å². The minimum Gasteiger partial charge on any atom is -0.326 e. The zero-order valence-electron chi connectivity index (χ0n) is 17.8. The monoisotopic (exact) mass is 504 g/mol. The van der Waals surface area contributed by atoms with Gasteiger partial charge in [0.25, 0.3) is 5.91 Å². The molecule has 176 valence electrons. The molecule has 1 atom stereocenters. The minimum atomic E-state index is -4.55. The van der Waals surface area contributed by atoms with Gasteiger partial charge >= 0.3 is 6.18 Å². The summed E-state index contributed by atoms with van der Waals surface area (Å²) in [6.07, 6.45) is -3.81. The molecule has 4 rings (SSSR count). The number of rotatable bonds is 6. The summed E-state index contributed by atoms with van der Waals surface area (Å²) in [5.41, 5.74) is 1.27. The van der Waals surface area contributed by atoms with Crippen LogP contribution in [0.3, 0.4) is 0 Å². The number of hydrogen-bond donors (Lipinski definition) is 1. The first-order valence-electron chi connectivity index (χ1n) is 10.5. The number of amides is 2. The van der Waals surface area contributed by atoms with Gasteiger partial charge in [0, 0.05) is 12.1 Å². The number of halogens is 4. The quantitative estimate of drug-likeness (QED) is 0.421. The van der Waals surface area contributed by atoms with Crippen molar-refractivity contribution in [2.75, 3.05) is 17.6 Å². The number of alkyl halides is 3. The maximum absolute atomic E-state index is 13.0. The topological polar surface area (TPSA) is 49.4 Å². The first-order valence-corrected chi connectivity index (χ1v) is 11.9. The number of hydrogen-bond acceptors (Lipinski definition) is 3. The molecule has 0 aromatic heterocycles. The second-order valence-electron chi connectivity index (χ2n) is 7.75. The highest BCUT2D eigenvalue weighted by atomic mass is 35.5. The highest BCUT2D eigenvalue weighted by molar-refractivity contribution is 8.00. The number of carbonyl (C=O) groups is 2. The van der Waals surface area contributed by atoms with Crippen molar-refractivity contribution in [3.63, 3.8) is 0 Å². The van der Waals surface area contributed by atoms with Crippen LogP contribution < -0.4 is 5.32 Å². The van der Waals surface area contributed by atoms with Crippen LogP contribution in [0, 0.1) is 0 Å². The fourth-order valence-corrected chi connectivity index (χ4v) is 5.04. The second-order valence-corrected chi connectivity index (χ2v) is 9.23. The molecule has 1 aliphatic rings. The Labute approximate surface area is 204 Å². The summed E-state index contributed by atoms with van der Waals surface area (Å²) >= 11 is 7.49. The average Bonchev–Trinajstić information content (AvgIpc) is 3.19. The van der Waals surface area contributed by atoms with Crippen LogP contribution in [0.2, 0.25) is 5.02 Å². The molecule has 1 aliphatic heterocycles. The van der Waals surface area contributed by atoms with E-state index >= 15 is 0 Å². The summed E-state index contributed by atoms with van der Waals surface area (Å²) in [5, 5.41) is 2.29. The molecule has 1 heterocycles. The van der Waals surface area contributed by atoms with Crippen LogP contribution in [0.25, 0.3) is 0 Å². The molecule has 1 fully saturated rings. The van der Waals surface area contributed by atoms with E-state index in [1.165, 1.54) is 11.8 Å². The number of benzene rings is 3. The van der Waals surface area contributed by atoms with E-state index < -0.39 is 17.6 Å². The van der Waals surface area contributed by atoms with Gasteiger partial charge in [-0.25, -0.2) is 0 Å². The largest absolute Gasteiger partial charge is 0.416 e. The second kappa shape index (κ2) is 10.1. The van der Waals surface area contributed by atoms with E-state index in [1.54, 1.807) is 24.3 Å². The van der Waals surface area contributed by atoms with Gasteiger partial charge in [-0.05, 0) is 47.9 Å². The van der Waals surface area contributed by atoms with Gasteiger partial charge in [0.15, 0.2) is 0 Å². The van der Waals surface area contributed by atoms with Gasteiger partial charge in [-0.1, -0.05) is 54.1 Å². The zero-order chi connectivity index (χ0) is 24.3. The SMILES string of the molecule is O=C(Nc1cc(C(F)(F)F)ccc1Cl)c1ccc([C@@H]2SCC(=O)N2CCc2ccccc2)cc1. The number of nitrogens with zero attached hydrogens (tertiary/aromatic N) is 1. The van der Waals surface area contributed by atoms with Gasteiger partial charge in [-0.3, -0.25) is 9.59 Å². The van der Waals surface area contributed by atoms with Crippen LogP contribution >= 0.6 is 23.4 Å². The Balaban J connectivity index is 1.45. The Bertz CT molecular complexity index is 1190. The summed E-state index contributed by atoms with van der Waals surface area (Å²) in [6.45, 7) is 0.580. The Morgan fingerprint density at radius 2 is 1.76 bits per heavy atom. The van der Waals surface area contributed by atoms with Gasteiger partial charge < -0.3 is 10.2 Å². The highest BCUT2D eigenvalue weighted by Crippen LogP contribution is 2.39. The van der Waals surface area contributed by atoms with E-state index in [2.05, 4.69) is 5.32 Å². The van der Waals surface area contributed by atoms with Crippen molar-refractivity contribution in [1.29, 1.82) is 0 Å². The minimum absolute atomic E-state index is 0.00731. The molecule has 3 aromatic carbocycles. The van der Waals surface area contributed by atoms with E-state index in [9.17, 15) is 22.8 Å². The lowest BCUT2D eigenvalue weighted by Gasteiger charge is -2.24. The Hall–Kier alpha value is -2.97. The van der Waals surface area contributed by atoms with Gasteiger partial charge in [0.05, 0.1) is 22.0 Å². The van der Waals surface area contributed by atoms with Crippen LogP contribution in [0.15, 0.2) is 72.8 Å². The molecule has 34 heavy (non-hydrogen) atoms. The van der Waals surface area contributed by atoms with Crippen molar-refractivity contribution in [1.82, 2.24) is 4.90 Å². The molecular formula is C25H20ClF3N2O2S. The smallest absolute Gasteiger partial charge is 0.326 e. The lowest BCUT2D eigenvalue weighted by molar-refractivity contribution is -0.137. The lowest BCUT2D eigenvalue weighted by atomic mass is 10.1. The molecule has 0 radical (unpaired) electrons. The van der Waals surface area contributed by atoms with Gasteiger partial charge in [-0.15, -0.1) is 11.8 Å². The molecule has 2 amide bonds. The molecule has 4 nitrogen and oxygen atoms in total. The Morgan fingerprint density at radius 3 is 2.44 bits per heavy atom. The Kier molecular flexibility index (Phi) is 7.19. The predicted molar refractivity (Wildman–Crippen MR) is 128 cm³/mol. The summed E-state index contributed by atoms with van der Waals surface area (Å²) in [5.74, 6) is -0.133. The van der Waals surface area contributed by atoms with E-state index in [4.69, 9.17) is 11.6 Å². The van der Waals surface area contributed by atoms with Gasteiger partial charge in [0.2, 0.25) is 5.91 Å². The number of thioether (sulfide) groups is 1. The maximum Gasteiger partial charge on any atom is 0.416 e. The summed E-state index contributed by atoms with van der Waals surface area (Å²) in [7, 11) is 0. The molecule has 0 unspecified atom stereocenters. The number of anilines is 1. The van der Waals surface area contributed by atoms with E-state index in [0.29, 0.717) is 12.3 Å². The standard InChI is InChI=1S/C25H20ClF3N2O2S/c26-20-11-10-19(25(27,28)29)14-21(20)30-23(33)17-6-8-18(9-7-17)24-31(22(32)15-34-24)13-12-16-4-2-1-3-5-16/h1-11,14,24H,12-13,15H2,(H,30,33)/t24-/m0/s1.